The van der Waals surface area contributed by atoms with E-state index in [1.165, 1.54) is 12.3 Å². The van der Waals surface area contributed by atoms with E-state index in [4.69, 9.17) is 5.26 Å². The van der Waals surface area contributed by atoms with Gasteiger partial charge in [-0.2, -0.15) is 5.26 Å². The fraction of sp³-hybridized carbons (Fsp3) is 0.0833. The standard InChI is InChI=1S/C12H7BrFN3/c13-8-1-2-10(14)9(7-8)11-4-6-16-12(17-11)3-5-15/h1-2,4,6-7H,3H2. The quantitative estimate of drug-likeness (QED) is 0.854. The molecule has 0 atom stereocenters. The van der Waals surface area contributed by atoms with E-state index < -0.39 is 0 Å². The Morgan fingerprint density at radius 1 is 1.35 bits per heavy atom. The number of hydrogen-bond acceptors (Lipinski definition) is 3. The smallest absolute Gasteiger partial charge is 0.142 e. The Morgan fingerprint density at radius 2 is 2.18 bits per heavy atom. The number of halogens is 2. The number of hydrogen-bond donors (Lipinski definition) is 0. The number of nitrogens with zero attached hydrogens (tertiary/aromatic N) is 3. The lowest BCUT2D eigenvalue weighted by atomic mass is 10.1. The second kappa shape index (κ2) is 5.02. The van der Waals surface area contributed by atoms with Crippen LogP contribution in [-0.4, -0.2) is 9.97 Å². The lowest BCUT2D eigenvalue weighted by Crippen LogP contribution is -1.96. The molecule has 0 fully saturated rings. The zero-order valence-electron chi connectivity index (χ0n) is 8.69. The van der Waals surface area contributed by atoms with Gasteiger partial charge in [0.2, 0.25) is 0 Å². The lowest BCUT2D eigenvalue weighted by molar-refractivity contribution is 0.630. The summed E-state index contributed by atoms with van der Waals surface area (Å²) < 4.78 is 14.4. The predicted octanol–water partition coefficient (Wildman–Crippen LogP) is 3.11. The van der Waals surface area contributed by atoms with Gasteiger partial charge in [0.1, 0.15) is 11.6 Å². The molecule has 3 nitrogen and oxygen atoms in total. The summed E-state index contributed by atoms with van der Waals surface area (Å²) in [5.74, 6) is 0.0409. The topological polar surface area (TPSA) is 49.6 Å². The summed E-state index contributed by atoms with van der Waals surface area (Å²) in [5, 5.41) is 8.57. The number of rotatable bonds is 2. The van der Waals surface area contributed by atoms with Crippen molar-refractivity contribution in [3.8, 4) is 17.3 Å². The molecule has 0 saturated heterocycles. The van der Waals surface area contributed by atoms with Gasteiger partial charge >= 0.3 is 0 Å². The van der Waals surface area contributed by atoms with Gasteiger partial charge in [-0.05, 0) is 24.3 Å². The zero-order chi connectivity index (χ0) is 12.3. The van der Waals surface area contributed by atoms with Crippen molar-refractivity contribution in [1.82, 2.24) is 9.97 Å². The van der Waals surface area contributed by atoms with Gasteiger partial charge < -0.3 is 0 Å². The first-order valence-electron chi connectivity index (χ1n) is 4.85. The summed E-state index contributed by atoms with van der Waals surface area (Å²) in [6.07, 6.45) is 1.64. The first-order valence-corrected chi connectivity index (χ1v) is 5.64. The van der Waals surface area contributed by atoms with E-state index >= 15 is 0 Å². The Kier molecular flexibility index (Phi) is 3.45. The monoisotopic (exact) mass is 291 g/mol. The molecular formula is C12H7BrFN3. The van der Waals surface area contributed by atoms with Gasteiger partial charge in [-0.15, -0.1) is 0 Å². The molecule has 0 bridgehead atoms. The Bertz CT molecular complexity index is 593. The molecule has 2 aromatic rings. The van der Waals surface area contributed by atoms with Crippen molar-refractivity contribution in [2.24, 2.45) is 0 Å². The van der Waals surface area contributed by atoms with Crippen LogP contribution in [0.4, 0.5) is 4.39 Å². The molecule has 0 amide bonds. The summed E-state index contributed by atoms with van der Waals surface area (Å²) in [5.41, 5.74) is 0.866. The van der Waals surface area contributed by atoms with Crippen LogP contribution in [-0.2, 0) is 6.42 Å². The van der Waals surface area contributed by atoms with Crippen molar-refractivity contribution in [2.75, 3.05) is 0 Å². The highest BCUT2D eigenvalue weighted by atomic mass is 79.9. The average molecular weight is 292 g/mol. The van der Waals surface area contributed by atoms with Gasteiger partial charge in [0.05, 0.1) is 18.2 Å². The molecule has 0 aliphatic carbocycles. The molecule has 0 saturated carbocycles. The third kappa shape index (κ3) is 2.66. The summed E-state index contributed by atoms with van der Waals surface area (Å²) in [7, 11) is 0. The maximum Gasteiger partial charge on any atom is 0.142 e. The molecule has 1 aromatic heterocycles. The molecule has 0 aliphatic rings. The molecule has 0 N–H and O–H groups in total. The molecule has 5 heteroatoms. The third-order valence-electron chi connectivity index (χ3n) is 2.15. The summed E-state index contributed by atoms with van der Waals surface area (Å²) in [6.45, 7) is 0. The van der Waals surface area contributed by atoms with Gasteiger partial charge in [-0.3, -0.25) is 0 Å². The maximum absolute atomic E-state index is 13.6. The highest BCUT2D eigenvalue weighted by Crippen LogP contribution is 2.24. The van der Waals surface area contributed by atoms with Crippen LogP contribution in [0, 0.1) is 17.1 Å². The van der Waals surface area contributed by atoms with Crippen LogP contribution in [0.2, 0.25) is 0 Å². The van der Waals surface area contributed by atoms with Crippen LogP contribution >= 0.6 is 15.9 Å². The predicted molar refractivity (Wildman–Crippen MR) is 64.4 cm³/mol. The van der Waals surface area contributed by atoms with E-state index in [2.05, 4.69) is 25.9 Å². The van der Waals surface area contributed by atoms with Crippen molar-refractivity contribution in [2.45, 2.75) is 6.42 Å². The SMILES string of the molecule is N#CCc1nccc(-c2cc(Br)ccc2F)n1. The minimum atomic E-state index is -0.352. The first kappa shape index (κ1) is 11.7. The van der Waals surface area contributed by atoms with E-state index in [0.717, 1.165) is 4.47 Å². The van der Waals surface area contributed by atoms with E-state index in [0.29, 0.717) is 17.1 Å². The van der Waals surface area contributed by atoms with Crippen molar-refractivity contribution in [3.05, 3.63) is 46.6 Å². The lowest BCUT2D eigenvalue weighted by Gasteiger charge is -2.04. The largest absolute Gasteiger partial charge is 0.240 e. The average Bonchev–Trinajstić information content (AvgIpc) is 2.33. The normalized spacial score (nSPS) is 9.94. The number of nitriles is 1. The number of aromatic nitrogens is 2. The fourth-order valence-corrected chi connectivity index (χ4v) is 1.76. The second-order valence-corrected chi connectivity index (χ2v) is 4.23. The van der Waals surface area contributed by atoms with Crippen LogP contribution in [0.25, 0.3) is 11.3 Å². The molecular weight excluding hydrogens is 285 g/mol. The van der Waals surface area contributed by atoms with Crippen LogP contribution in [0.1, 0.15) is 5.82 Å². The molecule has 1 aromatic carbocycles. The van der Waals surface area contributed by atoms with Crippen molar-refractivity contribution in [3.63, 3.8) is 0 Å². The van der Waals surface area contributed by atoms with Crippen LogP contribution < -0.4 is 0 Å². The summed E-state index contributed by atoms with van der Waals surface area (Å²) in [6, 6.07) is 8.21. The highest BCUT2D eigenvalue weighted by Gasteiger charge is 2.08. The van der Waals surface area contributed by atoms with E-state index in [1.807, 2.05) is 6.07 Å². The maximum atomic E-state index is 13.6. The number of benzene rings is 1. The van der Waals surface area contributed by atoms with Gasteiger partial charge in [-0.25, -0.2) is 14.4 Å². The molecule has 0 aliphatic heterocycles. The molecule has 0 radical (unpaired) electrons. The van der Waals surface area contributed by atoms with E-state index in [1.54, 1.807) is 18.2 Å². The van der Waals surface area contributed by atoms with Crippen LogP contribution in [0.5, 0.6) is 0 Å². The Labute approximate surface area is 106 Å². The van der Waals surface area contributed by atoms with Gasteiger partial charge in [0, 0.05) is 16.2 Å². The second-order valence-electron chi connectivity index (χ2n) is 3.32. The zero-order valence-corrected chi connectivity index (χ0v) is 10.3. The van der Waals surface area contributed by atoms with E-state index in [-0.39, 0.29) is 12.2 Å². The Balaban J connectivity index is 2.49. The highest BCUT2D eigenvalue weighted by molar-refractivity contribution is 9.10. The fourth-order valence-electron chi connectivity index (χ4n) is 1.40. The van der Waals surface area contributed by atoms with Crippen LogP contribution in [0.3, 0.4) is 0 Å². The molecule has 0 spiro atoms. The molecule has 0 unspecified atom stereocenters. The minimum Gasteiger partial charge on any atom is -0.240 e. The van der Waals surface area contributed by atoms with Gasteiger partial charge in [0.15, 0.2) is 0 Å². The summed E-state index contributed by atoms with van der Waals surface area (Å²) in [4.78, 5) is 8.08. The first-order chi connectivity index (χ1) is 8.20. The molecule has 2 rings (SSSR count). The van der Waals surface area contributed by atoms with Crippen molar-refractivity contribution < 1.29 is 4.39 Å². The van der Waals surface area contributed by atoms with E-state index in [9.17, 15) is 4.39 Å². The Hall–Kier alpha value is -1.80. The van der Waals surface area contributed by atoms with Crippen molar-refractivity contribution in [1.29, 1.82) is 5.26 Å². The molecule has 17 heavy (non-hydrogen) atoms. The minimum absolute atomic E-state index is 0.115. The summed E-state index contributed by atoms with van der Waals surface area (Å²) >= 11 is 3.28. The van der Waals surface area contributed by atoms with Gasteiger partial charge in [0.25, 0.3) is 0 Å². The Morgan fingerprint density at radius 3 is 2.94 bits per heavy atom. The molecule has 84 valence electrons. The van der Waals surface area contributed by atoms with Crippen molar-refractivity contribution >= 4 is 15.9 Å². The van der Waals surface area contributed by atoms with Gasteiger partial charge in [-0.1, -0.05) is 15.9 Å². The van der Waals surface area contributed by atoms with Crippen LogP contribution in [0.15, 0.2) is 34.9 Å². The third-order valence-corrected chi connectivity index (χ3v) is 2.64. The molecule has 1 heterocycles.